The molecule has 1 aliphatic heterocycles. The minimum Gasteiger partial charge on any atom is -0.454 e. The van der Waals surface area contributed by atoms with E-state index in [4.69, 9.17) is 15.2 Å². The molecule has 0 aromatic heterocycles. The molecule has 0 fully saturated rings. The average Bonchev–Trinajstić information content (AvgIpc) is 2.60. The summed E-state index contributed by atoms with van der Waals surface area (Å²) >= 11 is 3.03. The topological polar surface area (TPSA) is 44.5 Å². The predicted molar refractivity (Wildman–Crippen MR) is 53.2 cm³/mol. The highest BCUT2D eigenvalue weighted by Gasteiger charge is 2.39. The Labute approximate surface area is 97.5 Å². The monoisotopic (exact) mass is 297 g/mol. The number of rotatable bonds is 1. The van der Waals surface area contributed by atoms with Gasteiger partial charge < -0.3 is 15.2 Å². The van der Waals surface area contributed by atoms with Crippen molar-refractivity contribution in [2.45, 2.75) is 12.2 Å². The zero-order valence-electron chi connectivity index (χ0n) is 7.84. The van der Waals surface area contributed by atoms with Crippen LogP contribution in [-0.4, -0.2) is 13.0 Å². The van der Waals surface area contributed by atoms with Gasteiger partial charge in [-0.2, -0.15) is 13.2 Å². The molecule has 2 N–H and O–H groups in total. The first-order chi connectivity index (χ1) is 7.39. The highest BCUT2D eigenvalue weighted by molar-refractivity contribution is 9.10. The SMILES string of the molecule is N[C@@H](c1cc2c(cc1Br)OCO2)C(F)(F)F. The summed E-state index contributed by atoms with van der Waals surface area (Å²) < 4.78 is 47.6. The fraction of sp³-hybridized carbons (Fsp3) is 0.333. The normalized spacial score (nSPS) is 16.3. The lowest BCUT2D eigenvalue weighted by molar-refractivity contribution is -0.149. The smallest absolute Gasteiger partial charge is 0.407 e. The molecule has 0 saturated heterocycles. The molecule has 0 unspecified atom stereocenters. The molecule has 0 saturated carbocycles. The summed E-state index contributed by atoms with van der Waals surface area (Å²) in [7, 11) is 0. The lowest BCUT2D eigenvalue weighted by atomic mass is 10.1. The molecule has 1 aliphatic rings. The maximum Gasteiger partial charge on any atom is 0.407 e. The molecule has 1 aromatic rings. The fourth-order valence-corrected chi connectivity index (χ4v) is 1.92. The van der Waals surface area contributed by atoms with Crippen LogP contribution in [0.1, 0.15) is 11.6 Å². The molecule has 1 heterocycles. The lowest BCUT2D eigenvalue weighted by Gasteiger charge is -2.17. The minimum atomic E-state index is -4.49. The summed E-state index contributed by atoms with van der Waals surface area (Å²) in [5.41, 5.74) is 5.04. The lowest BCUT2D eigenvalue weighted by Crippen LogP contribution is -2.28. The van der Waals surface area contributed by atoms with Crippen LogP contribution in [0, 0.1) is 0 Å². The van der Waals surface area contributed by atoms with Gasteiger partial charge in [0.1, 0.15) is 6.04 Å². The van der Waals surface area contributed by atoms with Gasteiger partial charge in [-0.25, -0.2) is 0 Å². The Morgan fingerprint density at radius 2 is 1.81 bits per heavy atom. The van der Waals surface area contributed by atoms with E-state index in [0.29, 0.717) is 5.75 Å². The number of hydrogen-bond acceptors (Lipinski definition) is 3. The standard InChI is InChI=1S/C9H7BrF3NO2/c10-5-2-7-6(15-3-16-7)1-4(5)8(14)9(11,12)13/h1-2,8H,3,14H2/t8-/m0/s1. The van der Waals surface area contributed by atoms with Crippen molar-refractivity contribution in [3.05, 3.63) is 22.2 Å². The summed E-state index contributed by atoms with van der Waals surface area (Å²) in [5.74, 6) is 0.683. The number of nitrogens with two attached hydrogens (primary N) is 1. The first-order valence-corrected chi connectivity index (χ1v) is 5.10. The maximum atomic E-state index is 12.4. The van der Waals surface area contributed by atoms with Gasteiger partial charge in [0.25, 0.3) is 0 Å². The number of fused-ring (bicyclic) bond motifs is 1. The Bertz CT molecular complexity index is 422. The van der Waals surface area contributed by atoms with E-state index in [0.717, 1.165) is 0 Å². The number of halogens is 4. The van der Waals surface area contributed by atoms with E-state index in [9.17, 15) is 13.2 Å². The molecule has 0 aliphatic carbocycles. The van der Waals surface area contributed by atoms with Crippen molar-refractivity contribution in [1.29, 1.82) is 0 Å². The Hall–Kier alpha value is -0.950. The Balaban J connectivity index is 2.42. The molecule has 0 bridgehead atoms. The molecule has 3 nitrogen and oxygen atoms in total. The van der Waals surface area contributed by atoms with E-state index in [1.165, 1.54) is 12.1 Å². The third-order valence-corrected chi connectivity index (χ3v) is 2.87. The Morgan fingerprint density at radius 1 is 1.25 bits per heavy atom. The van der Waals surface area contributed by atoms with Crippen molar-refractivity contribution in [3.8, 4) is 11.5 Å². The first-order valence-electron chi connectivity index (χ1n) is 4.31. The maximum absolute atomic E-state index is 12.4. The largest absolute Gasteiger partial charge is 0.454 e. The van der Waals surface area contributed by atoms with E-state index in [2.05, 4.69) is 15.9 Å². The van der Waals surface area contributed by atoms with Crippen LogP contribution in [0.15, 0.2) is 16.6 Å². The van der Waals surface area contributed by atoms with Crippen molar-refractivity contribution in [3.63, 3.8) is 0 Å². The van der Waals surface area contributed by atoms with Crippen LogP contribution >= 0.6 is 15.9 Å². The van der Waals surface area contributed by atoms with E-state index in [1.54, 1.807) is 0 Å². The number of benzene rings is 1. The summed E-state index contributed by atoms with van der Waals surface area (Å²) in [6, 6.07) is 0.616. The molecule has 1 aromatic carbocycles. The van der Waals surface area contributed by atoms with Gasteiger partial charge in [-0.1, -0.05) is 15.9 Å². The molecular formula is C9H7BrF3NO2. The van der Waals surface area contributed by atoms with E-state index in [1.807, 2.05) is 0 Å². The van der Waals surface area contributed by atoms with Crippen molar-refractivity contribution in [2.75, 3.05) is 6.79 Å². The van der Waals surface area contributed by atoms with Crippen molar-refractivity contribution >= 4 is 15.9 Å². The highest BCUT2D eigenvalue weighted by atomic mass is 79.9. The highest BCUT2D eigenvalue weighted by Crippen LogP contribution is 2.42. The van der Waals surface area contributed by atoms with Gasteiger partial charge in [0.2, 0.25) is 6.79 Å². The Morgan fingerprint density at radius 3 is 2.38 bits per heavy atom. The average molecular weight is 298 g/mol. The van der Waals surface area contributed by atoms with Crippen molar-refractivity contribution < 1.29 is 22.6 Å². The van der Waals surface area contributed by atoms with Crippen LogP contribution in [0.5, 0.6) is 11.5 Å². The zero-order valence-corrected chi connectivity index (χ0v) is 9.43. The number of alkyl halides is 3. The van der Waals surface area contributed by atoms with Crippen LogP contribution in [0.2, 0.25) is 0 Å². The van der Waals surface area contributed by atoms with Crippen LogP contribution in [0.3, 0.4) is 0 Å². The molecular weight excluding hydrogens is 291 g/mol. The third kappa shape index (κ3) is 1.97. The van der Waals surface area contributed by atoms with Crippen LogP contribution in [-0.2, 0) is 0 Å². The number of hydrogen-bond donors (Lipinski definition) is 1. The second kappa shape index (κ2) is 3.81. The minimum absolute atomic E-state index is 0.00643. The van der Waals surface area contributed by atoms with E-state index < -0.39 is 12.2 Å². The van der Waals surface area contributed by atoms with Gasteiger partial charge in [0, 0.05) is 4.47 Å². The van der Waals surface area contributed by atoms with Gasteiger partial charge in [-0.05, 0) is 17.7 Å². The van der Waals surface area contributed by atoms with Gasteiger partial charge in [0.05, 0.1) is 0 Å². The molecule has 0 radical (unpaired) electrons. The quantitative estimate of drug-likeness (QED) is 0.867. The summed E-state index contributed by atoms with van der Waals surface area (Å²) in [5, 5.41) is 0. The third-order valence-electron chi connectivity index (χ3n) is 2.18. The zero-order chi connectivity index (χ0) is 11.9. The fourth-order valence-electron chi connectivity index (χ4n) is 1.35. The first kappa shape index (κ1) is 11.5. The molecule has 2 rings (SSSR count). The van der Waals surface area contributed by atoms with Crippen LogP contribution in [0.25, 0.3) is 0 Å². The van der Waals surface area contributed by atoms with Crippen LogP contribution < -0.4 is 15.2 Å². The van der Waals surface area contributed by atoms with Crippen molar-refractivity contribution in [1.82, 2.24) is 0 Å². The molecule has 16 heavy (non-hydrogen) atoms. The van der Waals surface area contributed by atoms with Gasteiger partial charge in [-0.15, -0.1) is 0 Å². The van der Waals surface area contributed by atoms with Gasteiger partial charge in [-0.3, -0.25) is 0 Å². The summed E-state index contributed by atoms with van der Waals surface area (Å²) in [4.78, 5) is 0. The van der Waals surface area contributed by atoms with E-state index >= 15 is 0 Å². The summed E-state index contributed by atoms with van der Waals surface area (Å²) in [6.07, 6.45) is -4.49. The second-order valence-electron chi connectivity index (χ2n) is 3.25. The van der Waals surface area contributed by atoms with Crippen LogP contribution in [0.4, 0.5) is 13.2 Å². The molecule has 0 amide bonds. The predicted octanol–water partition coefficient (Wildman–Crippen LogP) is 2.74. The second-order valence-corrected chi connectivity index (χ2v) is 4.10. The van der Waals surface area contributed by atoms with Crippen molar-refractivity contribution in [2.24, 2.45) is 5.73 Å². The van der Waals surface area contributed by atoms with E-state index in [-0.39, 0.29) is 22.6 Å². The summed E-state index contributed by atoms with van der Waals surface area (Å²) in [6.45, 7) is 0.00643. The molecule has 0 spiro atoms. The molecule has 1 atom stereocenters. The van der Waals surface area contributed by atoms with Gasteiger partial charge >= 0.3 is 6.18 Å². The number of ether oxygens (including phenoxy) is 2. The molecule has 7 heteroatoms. The molecule has 88 valence electrons. The van der Waals surface area contributed by atoms with Gasteiger partial charge in [0.15, 0.2) is 11.5 Å². The Kier molecular flexibility index (Phi) is 2.75.